The van der Waals surface area contributed by atoms with Gasteiger partial charge in [-0.2, -0.15) is 0 Å². The zero-order chi connectivity index (χ0) is 14.7. The Morgan fingerprint density at radius 1 is 1.11 bits per heavy atom. The Hall–Kier alpha value is -0.630. The van der Waals surface area contributed by atoms with Crippen LogP contribution in [0.5, 0.6) is 5.75 Å². The van der Waals surface area contributed by atoms with E-state index >= 15 is 0 Å². The van der Waals surface area contributed by atoms with Crippen molar-refractivity contribution in [1.29, 1.82) is 0 Å². The molecule has 0 bridgehead atoms. The molecule has 1 aromatic carbocycles. The van der Waals surface area contributed by atoms with Gasteiger partial charge in [0.2, 0.25) is 0 Å². The van der Waals surface area contributed by atoms with Gasteiger partial charge in [-0.25, -0.2) is 0 Å². The molecule has 0 radical (unpaired) electrons. The number of phenolic OH excluding ortho intramolecular Hbond substituents is 1. The number of thioether (sulfide) groups is 1. The molecular weight excluding hydrogens is 252 g/mol. The lowest BCUT2D eigenvalue weighted by molar-refractivity contribution is 0.339. The molecule has 2 heteroatoms. The summed E-state index contributed by atoms with van der Waals surface area (Å²) in [6.07, 6.45) is 3.17. The minimum atomic E-state index is 0.207. The second-order valence-electron chi connectivity index (χ2n) is 7.14. The summed E-state index contributed by atoms with van der Waals surface area (Å²) in [4.78, 5) is 1.26. The van der Waals surface area contributed by atoms with Crippen molar-refractivity contribution < 1.29 is 5.11 Å². The zero-order valence-electron chi connectivity index (χ0n) is 13.2. The lowest BCUT2D eigenvalue weighted by Crippen LogP contribution is -2.23. The molecule has 0 amide bonds. The minimum Gasteiger partial charge on any atom is -0.508 e. The van der Waals surface area contributed by atoms with Crippen LogP contribution in [0.25, 0.3) is 0 Å². The third-order valence-electron chi connectivity index (χ3n) is 2.92. The van der Waals surface area contributed by atoms with Crippen molar-refractivity contribution in [2.45, 2.75) is 70.4 Å². The molecule has 0 aliphatic heterocycles. The summed E-state index contributed by atoms with van der Waals surface area (Å²) in [6, 6.07) is 6.01. The Kier molecular flexibility index (Phi) is 5.37. The summed E-state index contributed by atoms with van der Waals surface area (Å²) < 4.78 is 0.207. The standard InChI is InChI=1S/C17H28OS/c1-7-8-13-11-14(9-10-15(13)18)19-17(5,6)12-16(2,3)4/h9-11,18H,7-8,12H2,1-6H3. The molecule has 0 heterocycles. The summed E-state index contributed by atoms with van der Waals surface area (Å²) in [5.74, 6) is 0.430. The van der Waals surface area contributed by atoms with E-state index in [1.54, 1.807) is 0 Å². The second kappa shape index (κ2) is 6.21. The molecule has 0 aromatic heterocycles. The van der Waals surface area contributed by atoms with E-state index in [1.807, 2.05) is 23.9 Å². The van der Waals surface area contributed by atoms with Crippen molar-refractivity contribution in [3.8, 4) is 5.75 Å². The van der Waals surface area contributed by atoms with E-state index in [0.717, 1.165) is 24.8 Å². The molecule has 0 aliphatic rings. The Labute approximate surface area is 122 Å². The number of aryl methyl sites for hydroxylation is 1. The van der Waals surface area contributed by atoms with Gasteiger partial charge in [-0.05, 0) is 42.0 Å². The molecule has 0 spiro atoms. The number of benzene rings is 1. The molecule has 0 unspecified atom stereocenters. The molecule has 108 valence electrons. The maximum atomic E-state index is 9.84. The zero-order valence-corrected chi connectivity index (χ0v) is 14.0. The van der Waals surface area contributed by atoms with Gasteiger partial charge >= 0.3 is 0 Å². The number of aromatic hydroxyl groups is 1. The molecule has 1 N–H and O–H groups in total. The highest BCUT2D eigenvalue weighted by Crippen LogP contribution is 2.41. The highest BCUT2D eigenvalue weighted by Gasteiger charge is 2.26. The summed E-state index contributed by atoms with van der Waals surface area (Å²) >= 11 is 1.91. The SMILES string of the molecule is CCCc1cc(SC(C)(C)CC(C)(C)C)ccc1O. The van der Waals surface area contributed by atoms with Gasteiger partial charge in [-0.3, -0.25) is 0 Å². The largest absolute Gasteiger partial charge is 0.508 e. The van der Waals surface area contributed by atoms with Crippen LogP contribution in [0.15, 0.2) is 23.1 Å². The van der Waals surface area contributed by atoms with E-state index in [4.69, 9.17) is 0 Å². The molecule has 1 nitrogen and oxygen atoms in total. The van der Waals surface area contributed by atoms with Crippen molar-refractivity contribution in [1.82, 2.24) is 0 Å². The van der Waals surface area contributed by atoms with Crippen LogP contribution in [0.1, 0.15) is 59.9 Å². The number of hydrogen-bond acceptors (Lipinski definition) is 2. The van der Waals surface area contributed by atoms with Gasteiger partial charge in [-0.1, -0.05) is 48.0 Å². The average molecular weight is 280 g/mol. The molecule has 0 saturated heterocycles. The van der Waals surface area contributed by atoms with Crippen LogP contribution in [0.2, 0.25) is 0 Å². The predicted molar refractivity (Wildman–Crippen MR) is 86.1 cm³/mol. The number of phenols is 1. The second-order valence-corrected chi connectivity index (χ2v) is 8.92. The molecule has 0 aliphatic carbocycles. The van der Waals surface area contributed by atoms with Crippen LogP contribution >= 0.6 is 11.8 Å². The Balaban J connectivity index is 2.84. The van der Waals surface area contributed by atoms with Crippen molar-refractivity contribution in [3.05, 3.63) is 23.8 Å². The van der Waals surface area contributed by atoms with E-state index in [1.165, 1.54) is 4.90 Å². The van der Waals surface area contributed by atoms with Crippen molar-refractivity contribution in [2.24, 2.45) is 5.41 Å². The van der Waals surface area contributed by atoms with Crippen molar-refractivity contribution in [2.75, 3.05) is 0 Å². The van der Waals surface area contributed by atoms with Gasteiger partial charge in [0.05, 0.1) is 0 Å². The fraction of sp³-hybridized carbons (Fsp3) is 0.647. The fourth-order valence-electron chi connectivity index (χ4n) is 2.73. The van der Waals surface area contributed by atoms with E-state index in [0.29, 0.717) is 11.2 Å². The maximum Gasteiger partial charge on any atom is 0.118 e. The van der Waals surface area contributed by atoms with Crippen LogP contribution < -0.4 is 0 Å². The third kappa shape index (κ3) is 5.90. The molecule has 1 rings (SSSR count). The highest BCUT2D eigenvalue weighted by atomic mass is 32.2. The van der Waals surface area contributed by atoms with Crippen LogP contribution in [0.3, 0.4) is 0 Å². The average Bonchev–Trinajstić information content (AvgIpc) is 2.19. The molecule has 0 fully saturated rings. The van der Waals surface area contributed by atoms with Crippen LogP contribution in [0, 0.1) is 5.41 Å². The molecule has 1 aromatic rings. The summed E-state index contributed by atoms with van der Waals surface area (Å²) in [6.45, 7) is 13.6. The Morgan fingerprint density at radius 2 is 1.74 bits per heavy atom. The van der Waals surface area contributed by atoms with Crippen molar-refractivity contribution >= 4 is 11.8 Å². The predicted octanol–water partition coefficient (Wildman–Crippen LogP) is 5.65. The van der Waals surface area contributed by atoms with E-state index in [2.05, 4.69) is 47.6 Å². The van der Waals surface area contributed by atoms with Crippen LogP contribution in [-0.2, 0) is 6.42 Å². The van der Waals surface area contributed by atoms with E-state index in [-0.39, 0.29) is 4.75 Å². The van der Waals surface area contributed by atoms with Crippen molar-refractivity contribution in [3.63, 3.8) is 0 Å². The highest BCUT2D eigenvalue weighted by molar-refractivity contribution is 8.00. The third-order valence-corrected chi connectivity index (χ3v) is 4.11. The topological polar surface area (TPSA) is 20.2 Å². The summed E-state index contributed by atoms with van der Waals surface area (Å²) in [5.41, 5.74) is 1.40. The first kappa shape index (κ1) is 16.4. The fourth-order valence-corrected chi connectivity index (χ4v) is 4.21. The molecule has 19 heavy (non-hydrogen) atoms. The van der Waals surface area contributed by atoms with Gasteiger partial charge in [0, 0.05) is 9.64 Å². The lowest BCUT2D eigenvalue weighted by atomic mass is 9.86. The number of hydrogen-bond donors (Lipinski definition) is 1. The minimum absolute atomic E-state index is 0.207. The van der Waals surface area contributed by atoms with Gasteiger partial charge in [0.15, 0.2) is 0 Å². The lowest BCUT2D eigenvalue weighted by Gasteiger charge is -2.32. The Morgan fingerprint density at radius 3 is 2.26 bits per heavy atom. The first-order chi connectivity index (χ1) is 8.63. The first-order valence-corrected chi connectivity index (χ1v) is 7.95. The monoisotopic (exact) mass is 280 g/mol. The Bertz CT molecular complexity index is 416. The molecule has 0 saturated carbocycles. The van der Waals surface area contributed by atoms with Crippen LogP contribution in [0.4, 0.5) is 0 Å². The van der Waals surface area contributed by atoms with Gasteiger partial charge < -0.3 is 5.11 Å². The van der Waals surface area contributed by atoms with Crippen LogP contribution in [-0.4, -0.2) is 9.85 Å². The van der Waals surface area contributed by atoms with Gasteiger partial charge in [-0.15, -0.1) is 11.8 Å². The van der Waals surface area contributed by atoms with E-state index in [9.17, 15) is 5.11 Å². The van der Waals surface area contributed by atoms with E-state index < -0.39 is 0 Å². The van der Waals surface area contributed by atoms with Gasteiger partial charge in [0.25, 0.3) is 0 Å². The quantitative estimate of drug-likeness (QED) is 0.703. The smallest absolute Gasteiger partial charge is 0.118 e. The first-order valence-electron chi connectivity index (χ1n) is 7.14. The summed E-state index contributed by atoms with van der Waals surface area (Å²) in [5, 5.41) is 9.84. The normalized spacial score (nSPS) is 12.7. The summed E-state index contributed by atoms with van der Waals surface area (Å²) in [7, 11) is 0. The number of rotatable bonds is 5. The molecule has 0 atom stereocenters. The molecular formula is C17H28OS. The maximum absolute atomic E-state index is 9.84. The van der Waals surface area contributed by atoms with Gasteiger partial charge in [0.1, 0.15) is 5.75 Å².